The minimum absolute atomic E-state index is 0.0696. The van der Waals surface area contributed by atoms with Crippen LogP contribution in [0.15, 0.2) is 41.3 Å². The maximum atomic E-state index is 13.1. The van der Waals surface area contributed by atoms with Gasteiger partial charge in [0.25, 0.3) is 0 Å². The molecule has 0 amide bonds. The van der Waals surface area contributed by atoms with Gasteiger partial charge in [-0.15, -0.1) is 0 Å². The fourth-order valence-corrected chi connectivity index (χ4v) is 4.22. The lowest BCUT2D eigenvalue weighted by Gasteiger charge is -2.39. The zero-order valence-corrected chi connectivity index (χ0v) is 14.4. The number of rotatable bonds is 6. The number of hydrogen-bond donors (Lipinski definition) is 1. The van der Waals surface area contributed by atoms with E-state index in [0.29, 0.717) is 6.61 Å². The van der Waals surface area contributed by atoms with Gasteiger partial charge in [-0.1, -0.05) is 23.8 Å². The quantitative estimate of drug-likeness (QED) is 0.789. The third kappa shape index (κ3) is 3.81. The maximum Gasteiger partial charge on any atom is 0.245 e. The van der Waals surface area contributed by atoms with Gasteiger partial charge in [-0.25, -0.2) is 8.42 Å². The maximum absolute atomic E-state index is 13.1. The molecule has 0 fully saturated rings. The minimum atomic E-state index is -3.84. The molecule has 2 rings (SSSR count). The van der Waals surface area contributed by atoms with E-state index in [9.17, 15) is 13.5 Å². The van der Waals surface area contributed by atoms with Gasteiger partial charge in [-0.2, -0.15) is 4.31 Å². The van der Waals surface area contributed by atoms with E-state index in [1.807, 2.05) is 6.92 Å². The summed E-state index contributed by atoms with van der Waals surface area (Å²) >= 11 is 0. The first-order chi connectivity index (χ1) is 10.9. The van der Waals surface area contributed by atoms with Crippen molar-refractivity contribution in [1.82, 2.24) is 4.31 Å². The topological polar surface area (TPSA) is 76.1 Å². The number of benzene rings is 1. The van der Waals surface area contributed by atoms with Crippen molar-refractivity contribution >= 4 is 10.0 Å². The number of aliphatic hydroxyl groups is 1. The number of aliphatic hydroxyl groups excluding tert-OH is 1. The minimum Gasteiger partial charge on any atom is -0.387 e. The van der Waals surface area contributed by atoms with E-state index in [0.717, 1.165) is 5.56 Å². The average molecular weight is 341 g/mol. The largest absolute Gasteiger partial charge is 0.387 e. The number of sulfonamides is 1. The van der Waals surface area contributed by atoms with E-state index in [1.165, 1.54) is 11.4 Å². The second-order valence-corrected chi connectivity index (χ2v) is 7.24. The SMILES string of the molecule is CCO[C@H]1C=C[C@H](O)[C@H](COC)N1S(=O)(=O)c1ccc(C)cc1. The molecule has 0 aromatic heterocycles. The predicted molar refractivity (Wildman–Crippen MR) is 86.4 cm³/mol. The Morgan fingerprint density at radius 2 is 1.87 bits per heavy atom. The molecule has 0 radical (unpaired) electrons. The van der Waals surface area contributed by atoms with Crippen molar-refractivity contribution in [2.24, 2.45) is 0 Å². The summed E-state index contributed by atoms with van der Waals surface area (Å²) in [5, 5.41) is 10.2. The molecule has 128 valence electrons. The van der Waals surface area contributed by atoms with Crippen molar-refractivity contribution < 1.29 is 23.0 Å². The molecule has 1 heterocycles. The summed E-state index contributed by atoms with van der Waals surface area (Å²) in [5.41, 5.74) is 0.970. The lowest BCUT2D eigenvalue weighted by atomic mass is 10.1. The molecular formula is C16H23NO5S. The van der Waals surface area contributed by atoms with Crippen LogP contribution in [0.25, 0.3) is 0 Å². The molecule has 6 nitrogen and oxygen atoms in total. The van der Waals surface area contributed by atoms with E-state index >= 15 is 0 Å². The van der Waals surface area contributed by atoms with Crippen LogP contribution in [0.1, 0.15) is 12.5 Å². The van der Waals surface area contributed by atoms with Crippen molar-refractivity contribution in [3.8, 4) is 0 Å². The second-order valence-electron chi connectivity index (χ2n) is 5.39. The highest BCUT2D eigenvalue weighted by atomic mass is 32.2. The number of nitrogens with zero attached hydrogens (tertiary/aromatic N) is 1. The normalized spacial score (nSPS) is 25.7. The summed E-state index contributed by atoms with van der Waals surface area (Å²) in [6, 6.07) is 5.85. The standard InChI is InChI=1S/C16H23NO5S/c1-4-22-16-10-9-15(18)14(11-21-3)17(16)23(19,20)13-7-5-12(2)6-8-13/h5-10,14-16,18H,4,11H2,1-3H3/t14-,15-,16-/m0/s1. The highest BCUT2D eigenvalue weighted by molar-refractivity contribution is 7.89. The first-order valence-corrected chi connectivity index (χ1v) is 8.93. The Bertz CT molecular complexity index is 641. The molecule has 0 spiro atoms. The van der Waals surface area contributed by atoms with Gasteiger partial charge in [0.15, 0.2) is 0 Å². The molecule has 0 aliphatic carbocycles. The van der Waals surface area contributed by atoms with Crippen LogP contribution in [0.3, 0.4) is 0 Å². The summed E-state index contributed by atoms with van der Waals surface area (Å²) in [7, 11) is -2.37. The summed E-state index contributed by atoms with van der Waals surface area (Å²) in [5.74, 6) is 0. The molecule has 7 heteroatoms. The van der Waals surface area contributed by atoms with Gasteiger partial charge < -0.3 is 14.6 Å². The molecule has 1 aromatic carbocycles. The highest BCUT2D eigenvalue weighted by Gasteiger charge is 2.42. The molecule has 1 N–H and O–H groups in total. The molecule has 0 saturated heterocycles. The van der Waals surface area contributed by atoms with Crippen molar-refractivity contribution in [2.45, 2.75) is 37.1 Å². The molecule has 0 saturated carbocycles. The van der Waals surface area contributed by atoms with Crippen LogP contribution in [-0.4, -0.2) is 56.5 Å². The zero-order valence-electron chi connectivity index (χ0n) is 13.5. The van der Waals surface area contributed by atoms with Crippen LogP contribution >= 0.6 is 0 Å². The summed E-state index contributed by atoms with van der Waals surface area (Å²) < 4.78 is 38.0. The van der Waals surface area contributed by atoms with Crippen molar-refractivity contribution in [3.05, 3.63) is 42.0 Å². The molecule has 1 aromatic rings. The van der Waals surface area contributed by atoms with Gasteiger partial charge in [0.05, 0.1) is 23.6 Å². The predicted octanol–water partition coefficient (Wildman–Crippen LogP) is 1.29. The van der Waals surface area contributed by atoms with Gasteiger partial charge in [-0.3, -0.25) is 0 Å². The monoisotopic (exact) mass is 341 g/mol. The average Bonchev–Trinajstić information content (AvgIpc) is 2.51. The Kier molecular flexibility index (Phi) is 5.94. The summed E-state index contributed by atoms with van der Waals surface area (Å²) in [6.07, 6.45) is 1.39. The Balaban J connectivity index is 2.47. The Morgan fingerprint density at radius 3 is 2.43 bits per heavy atom. The molecule has 3 atom stereocenters. The number of hydrogen-bond acceptors (Lipinski definition) is 5. The third-order valence-corrected chi connectivity index (χ3v) is 5.62. The lowest BCUT2D eigenvalue weighted by molar-refractivity contribution is -0.0458. The van der Waals surface area contributed by atoms with Gasteiger partial charge in [0.1, 0.15) is 6.23 Å². The fraction of sp³-hybridized carbons (Fsp3) is 0.500. The molecule has 23 heavy (non-hydrogen) atoms. The smallest absolute Gasteiger partial charge is 0.245 e. The fourth-order valence-electron chi connectivity index (χ4n) is 2.55. The first kappa shape index (κ1) is 18.1. The zero-order chi connectivity index (χ0) is 17.0. The summed E-state index contributed by atoms with van der Waals surface area (Å²) in [4.78, 5) is 0.163. The van der Waals surface area contributed by atoms with E-state index in [2.05, 4.69) is 0 Å². The van der Waals surface area contributed by atoms with Gasteiger partial charge >= 0.3 is 0 Å². The lowest BCUT2D eigenvalue weighted by Crippen LogP contribution is -2.56. The van der Waals surface area contributed by atoms with Crippen LogP contribution in [0.2, 0.25) is 0 Å². The van der Waals surface area contributed by atoms with Gasteiger partial charge in [0.2, 0.25) is 10.0 Å². The van der Waals surface area contributed by atoms with Crippen LogP contribution in [0.5, 0.6) is 0 Å². The second kappa shape index (κ2) is 7.55. The number of methoxy groups -OCH3 is 1. The van der Waals surface area contributed by atoms with E-state index < -0.39 is 28.4 Å². The highest BCUT2D eigenvalue weighted by Crippen LogP contribution is 2.27. The molecule has 1 aliphatic heterocycles. The Morgan fingerprint density at radius 1 is 1.22 bits per heavy atom. The van der Waals surface area contributed by atoms with Crippen molar-refractivity contribution in [3.63, 3.8) is 0 Å². The van der Waals surface area contributed by atoms with Crippen LogP contribution in [-0.2, 0) is 19.5 Å². The number of aryl methyl sites for hydroxylation is 1. The molecular weight excluding hydrogens is 318 g/mol. The van der Waals surface area contributed by atoms with E-state index in [-0.39, 0.29) is 11.5 Å². The van der Waals surface area contributed by atoms with E-state index in [1.54, 1.807) is 43.3 Å². The van der Waals surface area contributed by atoms with E-state index in [4.69, 9.17) is 9.47 Å². The third-order valence-electron chi connectivity index (χ3n) is 3.72. The molecule has 1 aliphatic rings. The van der Waals surface area contributed by atoms with Crippen LogP contribution in [0, 0.1) is 6.92 Å². The molecule has 0 bridgehead atoms. The van der Waals surface area contributed by atoms with Gasteiger partial charge in [0, 0.05) is 13.7 Å². The Hall–Kier alpha value is -1.25. The van der Waals surface area contributed by atoms with Crippen LogP contribution < -0.4 is 0 Å². The first-order valence-electron chi connectivity index (χ1n) is 7.49. The summed E-state index contributed by atoms with van der Waals surface area (Å²) in [6.45, 7) is 4.10. The Labute approximate surface area is 137 Å². The van der Waals surface area contributed by atoms with Crippen molar-refractivity contribution in [2.75, 3.05) is 20.3 Å². The van der Waals surface area contributed by atoms with Gasteiger partial charge in [-0.05, 0) is 32.1 Å². The van der Waals surface area contributed by atoms with Crippen LogP contribution in [0.4, 0.5) is 0 Å². The molecule has 0 unspecified atom stereocenters. The number of ether oxygens (including phenoxy) is 2. The van der Waals surface area contributed by atoms with Crippen molar-refractivity contribution in [1.29, 1.82) is 0 Å².